The zero-order valence-electron chi connectivity index (χ0n) is 12.9. The Kier molecular flexibility index (Phi) is 4.62. The van der Waals surface area contributed by atoms with E-state index >= 15 is 0 Å². The van der Waals surface area contributed by atoms with Crippen LogP contribution in [0, 0.1) is 11.3 Å². The molecule has 0 aliphatic heterocycles. The standard InChI is InChI=1S/C17H28N2/c1-14(2)17(3)10-8-16(9-11-17)19(4)13-15-7-5-6-12-18-15/h5-7,12,14,16H,8-11,13H2,1-4H3. The van der Waals surface area contributed by atoms with Crippen LogP contribution in [0.1, 0.15) is 52.1 Å². The Balaban J connectivity index is 1.88. The Bertz CT molecular complexity index is 378. The molecule has 1 saturated carbocycles. The molecular weight excluding hydrogens is 232 g/mol. The van der Waals surface area contributed by atoms with Crippen molar-refractivity contribution in [2.24, 2.45) is 11.3 Å². The quantitative estimate of drug-likeness (QED) is 0.809. The molecule has 1 aliphatic carbocycles. The van der Waals surface area contributed by atoms with E-state index in [9.17, 15) is 0 Å². The van der Waals surface area contributed by atoms with Gasteiger partial charge in [0, 0.05) is 18.8 Å². The van der Waals surface area contributed by atoms with Gasteiger partial charge in [-0.1, -0.05) is 26.8 Å². The van der Waals surface area contributed by atoms with Crippen molar-refractivity contribution in [2.45, 2.75) is 59.0 Å². The van der Waals surface area contributed by atoms with Crippen molar-refractivity contribution in [3.63, 3.8) is 0 Å². The normalized spacial score (nSPS) is 28.0. The second-order valence-corrected chi connectivity index (χ2v) is 6.78. The van der Waals surface area contributed by atoms with E-state index in [2.05, 4.69) is 49.8 Å². The van der Waals surface area contributed by atoms with Crippen LogP contribution < -0.4 is 0 Å². The van der Waals surface area contributed by atoms with Crippen molar-refractivity contribution in [2.75, 3.05) is 7.05 Å². The summed E-state index contributed by atoms with van der Waals surface area (Å²) >= 11 is 0. The summed E-state index contributed by atoms with van der Waals surface area (Å²) in [7, 11) is 2.25. The smallest absolute Gasteiger partial charge is 0.0543 e. The number of hydrogen-bond acceptors (Lipinski definition) is 2. The molecule has 19 heavy (non-hydrogen) atoms. The van der Waals surface area contributed by atoms with Crippen LogP contribution in [0.3, 0.4) is 0 Å². The molecule has 0 aromatic carbocycles. The van der Waals surface area contributed by atoms with Crippen molar-refractivity contribution in [3.05, 3.63) is 30.1 Å². The fourth-order valence-electron chi connectivity index (χ4n) is 3.16. The molecule has 0 radical (unpaired) electrons. The van der Waals surface area contributed by atoms with Gasteiger partial charge < -0.3 is 0 Å². The minimum absolute atomic E-state index is 0.558. The predicted molar refractivity (Wildman–Crippen MR) is 80.9 cm³/mol. The maximum absolute atomic E-state index is 4.43. The lowest BCUT2D eigenvalue weighted by Crippen LogP contribution is -2.39. The van der Waals surface area contributed by atoms with Crippen LogP contribution in [0.5, 0.6) is 0 Å². The van der Waals surface area contributed by atoms with Crippen molar-refractivity contribution in [1.29, 1.82) is 0 Å². The summed E-state index contributed by atoms with van der Waals surface area (Å²) < 4.78 is 0. The van der Waals surface area contributed by atoms with Crippen LogP contribution in [0.15, 0.2) is 24.4 Å². The number of rotatable bonds is 4. The van der Waals surface area contributed by atoms with E-state index in [0.29, 0.717) is 5.41 Å². The molecule has 2 rings (SSSR count). The average Bonchev–Trinajstić information content (AvgIpc) is 2.40. The Morgan fingerprint density at radius 2 is 2.00 bits per heavy atom. The Hall–Kier alpha value is -0.890. The van der Waals surface area contributed by atoms with E-state index in [4.69, 9.17) is 0 Å². The lowest BCUT2D eigenvalue weighted by Gasteiger charge is -2.43. The van der Waals surface area contributed by atoms with Crippen molar-refractivity contribution in [3.8, 4) is 0 Å². The second kappa shape index (κ2) is 6.04. The van der Waals surface area contributed by atoms with Gasteiger partial charge in [-0.05, 0) is 56.2 Å². The Labute approximate surface area is 118 Å². The molecule has 0 unspecified atom stereocenters. The maximum atomic E-state index is 4.43. The van der Waals surface area contributed by atoms with Crippen molar-refractivity contribution >= 4 is 0 Å². The van der Waals surface area contributed by atoms with Gasteiger partial charge in [-0.3, -0.25) is 9.88 Å². The molecule has 1 heterocycles. The topological polar surface area (TPSA) is 16.1 Å². The van der Waals surface area contributed by atoms with Gasteiger partial charge in [-0.15, -0.1) is 0 Å². The van der Waals surface area contributed by atoms with Crippen LogP contribution >= 0.6 is 0 Å². The Morgan fingerprint density at radius 3 is 2.53 bits per heavy atom. The Morgan fingerprint density at radius 1 is 1.32 bits per heavy atom. The zero-order valence-corrected chi connectivity index (χ0v) is 12.9. The summed E-state index contributed by atoms with van der Waals surface area (Å²) in [4.78, 5) is 6.92. The maximum Gasteiger partial charge on any atom is 0.0543 e. The second-order valence-electron chi connectivity index (χ2n) is 6.78. The van der Waals surface area contributed by atoms with Gasteiger partial charge in [0.25, 0.3) is 0 Å². The van der Waals surface area contributed by atoms with E-state index < -0.39 is 0 Å². The predicted octanol–water partition coefficient (Wildman–Crippen LogP) is 4.12. The molecule has 0 amide bonds. The van der Waals surface area contributed by atoms with Gasteiger partial charge in [0.1, 0.15) is 0 Å². The number of pyridine rings is 1. The average molecular weight is 260 g/mol. The van der Waals surface area contributed by atoms with Gasteiger partial charge in [0.2, 0.25) is 0 Å². The summed E-state index contributed by atoms with van der Waals surface area (Å²) in [5.74, 6) is 0.801. The van der Waals surface area contributed by atoms with E-state index in [0.717, 1.165) is 18.5 Å². The van der Waals surface area contributed by atoms with E-state index in [1.54, 1.807) is 0 Å². The van der Waals surface area contributed by atoms with Crippen molar-refractivity contribution < 1.29 is 0 Å². The molecule has 0 spiro atoms. The first kappa shape index (κ1) is 14.5. The van der Waals surface area contributed by atoms with E-state index in [-0.39, 0.29) is 0 Å². The van der Waals surface area contributed by atoms with Crippen LogP contribution in [-0.2, 0) is 6.54 Å². The molecule has 2 nitrogen and oxygen atoms in total. The van der Waals surface area contributed by atoms with E-state index in [1.807, 2.05) is 12.3 Å². The molecule has 1 aliphatic rings. The molecule has 0 atom stereocenters. The molecule has 2 heteroatoms. The summed E-state index contributed by atoms with van der Waals surface area (Å²) in [6.07, 6.45) is 7.28. The van der Waals surface area contributed by atoms with Crippen LogP contribution in [-0.4, -0.2) is 23.0 Å². The number of hydrogen-bond donors (Lipinski definition) is 0. The zero-order chi connectivity index (χ0) is 13.9. The molecule has 0 bridgehead atoms. The molecule has 1 aromatic heterocycles. The lowest BCUT2D eigenvalue weighted by molar-refractivity contribution is 0.0773. The third-order valence-corrected chi connectivity index (χ3v) is 5.25. The van der Waals surface area contributed by atoms with Gasteiger partial charge >= 0.3 is 0 Å². The summed E-state index contributed by atoms with van der Waals surface area (Å²) in [5, 5.41) is 0. The highest BCUT2D eigenvalue weighted by atomic mass is 15.1. The minimum atomic E-state index is 0.558. The van der Waals surface area contributed by atoms with Gasteiger partial charge in [-0.25, -0.2) is 0 Å². The van der Waals surface area contributed by atoms with E-state index in [1.165, 1.54) is 31.4 Å². The molecule has 0 saturated heterocycles. The highest BCUT2D eigenvalue weighted by Gasteiger charge is 2.34. The van der Waals surface area contributed by atoms with Crippen LogP contribution in [0.4, 0.5) is 0 Å². The lowest BCUT2D eigenvalue weighted by atomic mass is 9.67. The fraction of sp³-hybridized carbons (Fsp3) is 0.706. The summed E-state index contributed by atoms with van der Waals surface area (Å²) in [6, 6.07) is 6.91. The largest absolute Gasteiger partial charge is 0.298 e. The van der Waals surface area contributed by atoms with Gasteiger partial charge in [0.15, 0.2) is 0 Å². The first-order chi connectivity index (χ1) is 9.01. The first-order valence-electron chi connectivity index (χ1n) is 7.61. The molecule has 0 N–H and O–H groups in total. The van der Waals surface area contributed by atoms with Crippen LogP contribution in [0.25, 0.3) is 0 Å². The van der Waals surface area contributed by atoms with Gasteiger partial charge in [0.05, 0.1) is 5.69 Å². The van der Waals surface area contributed by atoms with Crippen molar-refractivity contribution in [1.82, 2.24) is 9.88 Å². The summed E-state index contributed by atoms with van der Waals surface area (Å²) in [6.45, 7) is 8.19. The highest BCUT2D eigenvalue weighted by molar-refractivity contribution is 5.03. The summed E-state index contributed by atoms with van der Waals surface area (Å²) in [5.41, 5.74) is 1.74. The number of nitrogens with zero attached hydrogens (tertiary/aromatic N) is 2. The molecule has 1 aromatic rings. The SMILES string of the molecule is CC(C)C1(C)CCC(N(C)Cc2ccccn2)CC1. The molecule has 1 fully saturated rings. The fourth-order valence-corrected chi connectivity index (χ4v) is 3.16. The monoisotopic (exact) mass is 260 g/mol. The number of aromatic nitrogens is 1. The molecule has 106 valence electrons. The molecular formula is C17H28N2. The third-order valence-electron chi connectivity index (χ3n) is 5.25. The van der Waals surface area contributed by atoms with Gasteiger partial charge in [-0.2, -0.15) is 0 Å². The minimum Gasteiger partial charge on any atom is -0.298 e. The highest BCUT2D eigenvalue weighted by Crippen LogP contribution is 2.42. The first-order valence-corrected chi connectivity index (χ1v) is 7.61. The third kappa shape index (κ3) is 3.56. The van der Waals surface area contributed by atoms with Crippen LogP contribution in [0.2, 0.25) is 0 Å².